The lowest BCUT2D eigenvalue weighted by Crippen LogP contribution is -2.59. The molecule has 112 valence electrons. The van der Waals surface area contributed by atoms with Gasteiger partial charge in [0, 0.05) is 19.6 Å². The summed E-state index contributed by atoms with van der Waals surface area (Å²) in [4.78, 5) is 2.63. The third-order valence-electron chi connectivity index (χ3n) is 4.57. The summed E-state index contributed by atoms with van der Waals surface area (Å²) in [6.07, 6.45) is 6.90. The van der Waals surface area contributed by atoms with Gasteiger partial charge < -0.3 is 4.74 Å². The highest BCUT2D eigenvalue weighted by molar-refractivity contribution is 7.80. The van der Waals surface area contributed by atoms with Gasteiger partial charge in [-0.25, -0.2) is 0 Å². The number of nitrogens with zero attached hydrogens (tertiary/aromatic N) is 1. The van der Waals surface area contributed by atoms with Crippen molar-refractivity contribution in [2.24, 2.45) is 5.41 Å². The second-order valence-corrected chi connectivity index (χ2v) is 8.30. The first kappa shape index (κ1) is 15.7. The predicted octanol–water partition coefficient (Wildman–Crippen LogP) is 3.76. The molecule has 1 saturated carbocycles. The highest BCUT2D eigenvalue weighted by Crippen LogP contribution is 2.39. The Hall–Kier alpha value is 0.270. The Morgan fingerprint density at radius 1 is 0.947 bits per heavy atom. The molecule has 2 rings (SSSR count). The molecule has 0 amide bonds. The number of rotatable bonds is 3. The van der Waals surface area contributed by atoms with E-state index in [1.807, 2.05) is 0 Å². The quantitative estimate of drug-likeness (QED) is 0.793. The van der Waals surface area contributed by atoms with E-state index in [1.54, 1.807) is 0 Å². The fraction of sp³-hybridized carbons (Fsp3) is 1.00. The number of thiol groups is 1. The van der Waals surface area contributed by atoms with Crippen LogP contribution in [0.4, 0.5) is 0 Å². The summed E-state index contributed by atoms with van der Waals surface area (Å²) in [6.45, 7) is 12.2. The highest BCUT2D eigenvalue weighted by atomic mass is 32.1. The average molecular weight is 285 g/mol. The maximum Gasteiger partial charge on any atom is 0.0760 e. The van der Waals surface area contributed by atoms with Crippen molar-refractivity contribution in [1.29, 1.82) is 0 Å². The van der Waals surface area contributed by atoms with Crippen molar-refractivity contribution in [2.45, 2.75) is 71.0 Å². The largest absolute Gasteiger partial charge is 0.367 e. The molecule has 0 bridgehead atoms. The highest BCUT2D eigenvalue weighted by Gasteiger charge is 2.41. The van der Waals surface area contributed by atoms with Crippen LogP contribution in [0, 0.1) is 5.41 Å². The minimum atomic E-state index is -0.0335. The molecule has 0 N–H and O–H groups in total. The second kappa shape index (κ2) is 5.57. The standard InChI is InChI=1S/C16H31NOS/c1-14(2)10-17(11-15(3,4)18-14)12-16(13-19)8-6-5-7-9-16/h19H,5-13H2,1-4H3. The molecule has 0 aromatic heterocycles. The molecule has 0 spiro atoms. The van der Waals surface area contributed by atoms with E-state index in [2.05, 4.69) is 45.2 Å². The van der Waals surface area contributed by atoms with Gasteiger partial charge in [-0.2, -0.15) is 12.6 Å². The molecule has 2 nitrogen and oxygen atoms in total. The van der Waals surface area contributed by atoms with Gasteiger partial charge in [-0.05, 0) is 51.7 Å². The molecule has 1 aliphatic carbocycles. The Kier molecular flexibility index (Phi) is 4.59. The molecular formula is C16H31NOS. The van der Waals surface area contributed by atoms with Gasteiger partial charge >= 0.3 is 0 Å². The molecule has 3 heteroatoms. The second-order valence-electron chi connectivity index (χ2n) is 7.99. The van der Waals surface area contributed by atoms with E-state index < -0.39 is 0 Å². The number of hydrogen-bond acceptors (Lipinski definition) is 3. The fourth-order valence-corrected chi connectivity index (χ4v) is 4.62. The molecule has 2 aliphatic rings. The molecular weight excluding hydrogens is 254 g/mol. The molecule has 0 atom stereocenters. The molecule has 0 aromatic carbocycles. The Bertz CT molecular complexity index is 292. The molecule has 1 heterocycles. The number of morpholine rings is 1. The Labute approximate surface area is 124 Å². The van der Waals surface area contributed by atoms with Crippen LogP contribution < -0.4 is 0 Å². The topological polar surface area (TPSA) is 12.5 Å². The third-order valence-corrected chi connectivity index (χ3v) is 5.24. The zero-order chi connectivity index (χ0) is 14.1. The first-order chi connectivity index (χ1) is 8.76. The SMILES string of the molecule is CC1(C)CN(CC2(CS)CCCCC2)CC(C)(C)O1. The molecule has 0 radical (unpaired) electrons. The maximum absolute atomic E-state index is 6.19. The monoisotopic (exact) mass is 285 g/mol. The van der Waals surface area contributed by atoms with Crippen LogP contribution in [-0.2, 0) is 4.74 Å². The van der Waals surface area contributed by atoms with E-state index in [9.17, 15) is 0 Å². The van der Waals surface area contributed by atoms with Gasteiger partial charge in [-0.3, -0.25) is 4.90 Å². The molecule has 1 saturated heterocycles. The fourth-order valence-electron chi connectivity index (χ4n) is 4.20. The first-order valence-electron chi connectivity index (χ1n) is 7.79. The zero-order valence-electron chi connectivity index (χ0n) is 13.2. The summed E-state index contributed by atoms with van der Waals surface area (Å²) in [5, 5.41) is 0. The Morgan fingerprint density at radius 3 is 1.95 bits per heavy atom. The van der Waals surface area contributed by atoms with Crippen LogP contribution in [0.15, 0.2) is 0 Å². The first-order valence-corrected chi connectivity index (χ1v) is 8.43. The lowest BCUT2D eigenvalue weighted by atomic mass is 9.74. The van der Waals surface area contributed by atoms with Gasteiger partial charge in [0.25, 0.3) is 0 Å². The predicted molar refractivity (Wildman–Crippen MR) is 85.1 cm³/mol. The van der Waals surface area contributed by atoms with Crippen LogP contribution in [0.1, 0.15) is 59.8 Å². The lowest BCUT2D eigenvalue weighted by Gasteiger charge is -2.50. The Balaban J connectivity index is 2.04. The normalized spacial score (nSPS) is 30.2. The van der Waals surface area contributed by atoms with Crippen molar-refractivity contribution in [3.8, 4) is 0 Å². The van der Waals surface area contributed by atoms with E-state index in [-0.39, 0.29) is 11.2 Å². The van der Waals surface area contributed by atoms with Crippen molar-refractivity contribution >= 4 is 12.6 Å². The lowest BCUT2D eigenvalue weighted by molar-refractivity contribution is -0.185. The van der Waals surface area contributed by atoms with Crippen molar-refractivity contribution in [3.63, 3.8) is 0 Å². The number of hydrogen-bond donors (Lipinski definition) is 1. The van der Waals surface area contributed by atoms with Crippen LogP contribution >= 0.6 is 12.6 Å². The van der Waals surface area contributed by atoms with E-state index in [0.29, 0.717) is 5.41 Å². The minimum absolute atomic E-state index is 0.0335. The smallest absolute Gasteiger partial charge is 0.0760 e. The van der Waals surface area contributed by atoms with Crippen LogP contribution in [-0.4, -0.2) is 41.5 Å². The van der Waals surface area contributed by atoms with Crippen LogP contribution in [0.5, 0.6) is 0 Å². The minimum Gasteiger partial charge on any atom is -0.367 e. The van der Waals surface area contributed by atoms with E-state index in [1.165, 1.54) is 38.6 Å². The molecule has 2 fully saturated rings. The van der Waals surface area contributed by atoms with Gasteiger partial charge in [0.15, 0.2) is 0 Å². The molecule has 0 aromatic rings. The van der Waals surface area contributed by atoms with Gasteiger partial charge in [0.05, 0.1) is 11.2 Å². The summed E-state index contributed by atoms with van der Waals surface area (Å²) >= 11 is 4.68. The average Bonchev–Trinajstić information content (AvgIpc) is 2.25. The summed E-state index contributed by atoms with van der Waals surface area (Å²) in [6, 6.07) is 0. The van der Waals surface area contributed by atoms with Crippen molar-refractivity contribution in [2.75, 3.05) is 25.4 Å². The maximum atomic E-state index is 6.19. The summed E-state index contributed by atoms with van der Waals surface area (Å²) in [5.41, 5.74) is 0.382. The van der Waals surface area contributed by atoms with Gasteiger partial charge in [0.1, 0.15) is 0 Å². The number of ether oxygens (including phenoxy) is 1. The van der Waals surface area contributed by atoms with Gasteiger partial charge in [-0.1, -0.05) is 19.3 Å². The van der Waals surface area contributed by atoms with Crippen molar-refractivity contribution in [1.82, 2.24) is 4.90 Å². The van der Waals surface area contributed by atoms with Crippen molar-refractivity contribution in [3.05, 3.63) is 0 Å². The zero-order valence-corrected chi connectivity index (χ0v) is 14.1. The Morgan fingerprint density at radius 2 is 1.47 bits per heavy atom. The molecule has 0 unspecified atom stereocenters. The van der Waals surface area contributed by atoms with E-state index in [0.717, 1.165) is 18.8 Å². The van der Waals surface area contributed by atoms with Crippen LogP contribution in [0.2, 0.25) is 0 Å². The van der Waals surface area contributed by atoms with Gasteiger partial charge in [0.2, 0.25) is 0 Å². The van der Waals surface area contributed by atoms with Crippen LogP contribution in [0.3, 0.4) is 0 Å². The molecule has 19 heavy (non-hydrogen) atoms. The van der Waals surface area contributed by atoms with Crippen molar-refractivity contribution < 1.29 is 4.74 Å². The molecule has 1 aliphatic heterocycles. The van der Waals surface area contributed by atoms with Gasteiger partial charge in [-0.15, -0.1) is 0 Å². The van der Waals surface area contributed by atoms with E-state index in [4.69, 9.17) is 4.74 Å². The van der Waals surface area contributed by atoms with E-state index >= 15 is 0 Å². The third kappa shape index (κ3) is 4.12. The summed E-state index contributed by atoms with van der Waals surface area (Å²) in [7, 11) is 0. The summed E-state index contributed by atoms with van der Waals surface area (Å²) in [5.74, 6) is 1.03. The van der Waals surface area contributed by atoms with Crippen LogP contribution in [0.25, 0.3) is 0 Å². The summed E-state index contributed by atoms with van der Waals surface area (Å²) < 4.78 is 6.19.